The van der Waals surface area contributed by atoms with Crippen molar-refractivity contribution in [2.75, 3.05) is 32.6 Å². The molecule has 0 radical (unpaired) electrons. The lowest BCUT2D eigenvalue weighted by Crippen LogP contribution is -2.37. The average molecular weight is 395 g/mol. The first-order valence-corrected chi connectivity index (χ1v) is 8.87. The molecule has 1 unspecified atom stereocenters. The number of nitrogens with zero attached hydrogens (tertiary/aromatic N) is 2. The van der Waals surface area contributed by atoms with Crippen molar-refractivity contribution >= 4 is 24.1 Å². The molecule has 7 nitrogen and oxygen atoms in total. The normalized spacial score (nSPS) is 16.3. The molecule has 1 atom stereocenters. The molecule has 1 saturated heterocycles. The van der Waals surface area contributed by atoms with Gasteiger partial charge < -0.3 is 20.1 Å². The fourth-order valence-corrected chi connectivity index (χ4v) is 3.21. The molecule has 1 aromatic heterocycles. The minimum Gasteiger partial charge on any atom is -0.493 e. The van der Waals surface area contributed by atoms with Gasteiger partial charge >= 0.3 is 0 Å². The molecule has 2 N–H and O–H groups in total. The molecule has 1 fully saturated rings. The number of rotatable bonds is 6. The SMILES string of the molecule is COc1ccc(Cn2ncc(C)c2NC(=O)C2CCCNC2)cc1OC.Cl. The van der Waals surface area contributed by atoms with E-state index >= 15 is 0 Å². The zero-order valence-corrected chi connectivity index (χ0v) is 16.8. The Hall–Kier alpha value is -2.25. The number of hydrogen-bond acceptors (Lipinski definition) is 5. The van der Waals surface area contributed by atoms with Crippen LogP contribution in [0.3, 0.4) is 0 Å². The first-order chi connectivity index (χ1) is 12.6. The molecule has 148 valence electrons. The fourth-order valence-electron chi connectivity index (χ4n) is 3.21. The number of benzene rings is 1. The van der Waals surface area contributed by atoms with Crippen molar-refractivity contribution in [3.8, 4) is 11.5 Å². The second kappa shape index (κ2) is 9.62. The number of aryl methyl sites for hydroxylation is 1. The number of ether oxygens (including phenoxy) is 2. The molecule has 2 aromatic rings. The molecule has 0 aliphatic carbocycles. The number of hydrogen-bond donors (Lipinski definition) is 2. The highest BCUT2D eigenvalue weighted by Crippen LogP contribution is 2.28. The molecule has 8 heteroatoms. The van der Waals surface area contributed by atoms with Crippen molar-refractivity contribution in [1.29, 1.82) is 0 Å². The molecule has 27 heavy (non-hydrogen) atoms. The van der Waals surface area contributed by atoms with Gasteiger partial charge in [0.15, 0.2) is 11.5 Å². The molecule has 3 rings (SSSR count). The average Bonchev–Trinajstić information content (AvgIpc) is 3.02. The van der Waals surface area contributed by atoms with Crippen molar-refractivity contribution in [2.24, 2.45) is 5.92 Å². The van der Waals surface area contributed by atoms with Crippen LogP contribution >= 0.6 is 12.4 Å². The van der Waals surface area contributed by atoms with Crippen molar-refractivity contribution in [1.82, 2.24) is 15.1 Å². The van der Waals surface area contributed by atoms with Gasteiger partial charge in [0.25, 0.3) is 0 Å². The maximum absolute atomic E-state index is 12.6. The highest BCUT2D eigenvalue weighted by atomic mass is 35.5. The number of amides is 1. The lowest BCUT2D eigenvalue weighted by molar-refractivity contribution is -0.120. The van der Waals surface area contributed by atoms with Gasteiger partial charge in [0.2, 0.25) is 5.91 Å². The number of methoxy groups -OCH3 is 2. The van der Waals surface area contributed by atoms with Crippen LogP contribution in [0.1, 0.15) is 24.0 Å². The number of halogens is 1. The van der Waals surface area contributed by atoms with Crippen LogP contribution in [0.2, 0.25) is 0 Å². The van der Waals surface area contributed by atoms with Gasteiger partial charge in [0.05, 0.1) is 32.9 Å². The Kier molecular flexibility index (Phi) is 7.50. The summed E-state index contributed by atoms with van der Waals surface area (Å²) < 4.78 is 12.5. The number of aromatic nitrogens is 2. The van der Waals surface area contributed by atoms with Crippen LogP contribution in [0.25, 0.3) is 0 Å². The Morgan fingerprint density at radius 1 is 1.33 bits per heavy atom. The van der Waals surface area contributed by atoms with E-state index in [0.717, 1.165) is 42.9 Å². The lowest BCUT2D eigenvalue weighted by atomic mass is 9.99. The highest BCUT2D eigenvalue weighted by Gasteiger charge is 2.22. The van der Waals surface area contributed by atoms with E-state index in [1.807, 2.05) is 29.8 Å². The number of carbonyl (C=O) groups is 1. The van der Waals surface area contributed by atoms with E-state index in [9.17, 15) is 4.79 Å². The third kappa shape index (κ3) is 4.93. The Morgan fingerprint density at radius 2 is 2.11 bits per heavy atom. The smallest absolute Gasteiger partial charge is 0.229 e. The fraction of sp³-hybridized carbons (Fsp3) is 0.474. The number of anilines is 1. The molecule has 0 saturated carbocycles. The van der Waals surface area contributed by atoms with E-state index < -0.39 is 0 Å². The summed E-state index contributed by atoms with van der Waals surface area (Å²) in [5, 5.41) is 10.8. The monoisotopic (exact) mass is 394 g/mol. The lowest BCUT2D eigenvalue weighted by Gasteiger charge is -2.22. The maximum atomic E-state index is 12.6. The third-order valence-electron chi connectivity index (χ3n) is 4.71. The van der Waals surface area contributed by atoms with E-state index in [-0.39, 0.29) is 24.2 Å². The van der Waals surface area contributed by atoms with Crippen LogP contribution < -0.4 is 20.1 Å². The van der Waals surface area contributed by atoms with Gasteiger partial charge in [-0.05, 0) is 44.0 Å². The predicted molar refractivity (Wildman–Crippen MR) is 107 cm³/mol. The second-order valence-electron chi connectivity index (χ2n) is 6.56. The van der Waals surface area contributed by atoms with Crippen LogP contribution in [0.4, 0.5) is 5.82 Å². The van der Waals surface area contributed by atoms with Crippen molar-refractivity contribution < 1.29 is 14.3 Å². The summed E-state index contributed by atoms with van der Waals surface area (Å²) in [6.07, 6.45) is 3.72. The van der Waals surface area contributed by atoms with Crippen LogP contribution in [-0.2, 0) is 11.3 Å². The zero-order chi connectivity index (χ0) is 18.5. The van der Waals surface area contributed by atoms with Crippen LogP contribution in [0.5, 0.6) is 11.5 Å². The Labute approximate surface area is 165 Å². The van der Waals surface area contributed by atoms with E-state index in [2.05, 4.69) is 15.7 Å². The highest BCUT2D eigenvalue weighted by molar-refractivity contribution is 5.92. The van der Waals surface area contributed by atoms with Gasteiger partial charge in [-0.1, -0.05) is 6.07 Å². The quantitative estimate of drug-likeness (QED) is 0.787. The van der Waals surface area contributed by atoms with Crippen molar-refractivity contribution in [2.45, 2.75) is 26.3 Å². The number of nitrogens with one attached hydrogen (secondary N) is 2. The molecular weight excluding hydrogens is 368 g/mol. The molecule has 1 aromatic carbocycles. The van der Waals surface area contributed by atoms with Crippen molar-refractivity contribution in [3.63, 3.8) is 0 Å². The summed E-state index contributed by atoms with van der Waals surface area (Å²) in [5.74, 6) is 2.16. The Bertz CT molecular complexity index is 772. The number of piperidine rings is 1. The second-order valence-corrected chi connectivity index (χ2v) is 6.56. The van der Waals surface area contributed by atoms with Gasteiger partial charge in [0.1, 0.15) is 5.82 Å². The van der Waals surface area contributed by atoms with Crippen LogP contribution in [-0.4, -0.2) is 43.0 Å². The molecular formula is C19H27ClN4O3. The summed E-state index contributed by atoms with van der Waals surface area (Å²) in [7, 11) is 3.23. The van der Waals surface area contributed by atoms with E-state index in [4.69, 9.17) is 9.47 Å². The molecule has 0 spiro atoms. The first-order valence-electron chi connectivity index (χ1n) is 8.87. The molecule has 0 bridgehead atoms. The van der Waals surface area contributed by atoms with Gasteiger partial charge in [-0.25, -0.2) is 4.68 Å². The topological polar surface area (TPSA) is 77.4 Å². The van der Waals surface area contributed by atoms with Crippen molar-refractivity contribution in [3.05, 3.63) is 35.5 Å². The summed E-state index contributed by atoms with van der Waals surface area (Å²) >= 11 is 0. The van der Waals surface area contributed by atoms with E-state index in [0.29, 0.717) is 18.0 Å². The molecule has 2 heterocycles. The Morgan fingerprint density at radius 3 is 2.78 bits per heavy atom. The van der Waals surface area contributed by atoms with Gasteiger partial charge in [0, 0.05) is 12.1 Å². The summed E-state index contributed by atoms with van der Waals surface area (Å²) in [5.41, 5.74) is 1.96. The van der Waals surface area contributed by atoms with Crippen LogP contribution in [0, 0.1) is 12.8 Å². The minimum atomic E-state index is 0. The van der Waals surface area contributed by atoms with Gasteiger partial charge in [-0.15, -0.1) is 12.4 Å². The first kappa shape index (κ1) is 21.1. The molecule has 1 aliphatic heterocycles. The predicted octanol–water partition coefficient (Wildman–Crippen LogP) is 2.62. The summed E-state index contributed by atoms with van der Waals surface area (Å²) in [6.45, 7) is 4.20. The van der Waals surface area contributed by atoms with Crippen LogP contribution in [0.15, 0.2) is 24.4 Å². The maximum Gasteiger partial charge on any atom is 0.229 e. The number of carbonyl (C=O) groups excluding carboxylic acids is 1. The summed E-state index contributed by atoms with van der Waals surface area (Å²) in [6, 6.07) is 5.76. The van der Waals surface area contributed by atoms with E-state index in [1.54, 1.807) is 20.4 Å². The van der Waals surface area contributed by atoms with E-state index in [1.165, 1.54) is 0 Å². The Balaban J connectivity index is 0.00000261. The molecule has 1 aliphatic rings. The summed E-state index contributed by atoms with van der Waals surface area (Å²) in [4.78, 5) is 12.6. The van der Waals surface area contributed by atoms with Gasteiger partial charge in [-0.3, -0.25) is 4.79 Å². The standard InChI is InChI=1S/C19H26N4O3.ClH/c1-13-10-21-23(12-14-6-7-16(25-2)17(9-14)26-3)18(13)22-19(24)15-5-4-8-20-11-15;/h6-7,9-10,15,20H,4-5,8,11-12H2,1-3H3,(H,22,24);1H. The zero-order valence-electron chi connectivity index (χ0n) is 15.9. The largest absolute Gasteiger partial charge is 0.493 e. The van der Waals surface area contributed by atoms with Gasteiger partial charge in [-0.2, -0.15) is 5.10 Å². The third-order valence-corrected chi connectivity index (χ3v) is 4.71. The molecule has 1 amide bonds. The minimum absolute atomic E-state index is 0.